The standard InChI is InChI=1S/C51H31N5S/c1-2-12-33(13-3-1)49-52-50(54-51(53-49)56-44-19-9-5-14-37(44)38-15-6-10-20-45(38)56)35-24-28-40-39-16-4-8-18-43(39)55(46(40)31-35)36-26-22-32(23-27-36)34-25-29-48-42(30-34)41-17-7-11-21-47(41)57-48/h1-31H. The first kappa shape index (κ1) is 31.9. The van der Waals surface area contributed by atoms with Gasteiger partial charge in [0.25, 0.3) is 0 Å². The second kappa shape index (κ2) is 12.6. The van der Waals surface area contributed by atoms with Crippen molar-refractivity contribution >= 4 is 75.1 Å². The molecule has 12 rings (SSSR count). The molecule has 0 spiro atoms. The quantitative estimate of drug-likeness (QED) is 0.176. The fourth-order valence-corrected chi connectivity index (χ4v) is 9.63. The Hall–Kier alpha value is -7.41. The third-order valence-corrected chi connectivity index (χ3v) is 12.4. The predicted octanol–water partition coefficient (Wildman–Crippen LogP) is 13.4. The molecular weight excluding hydrogens is 715 g/mol. The molecule has 0 bridgehead atoms. The molecular formula is C51H31N5S. The lowest BCUT2D eigenvalue weighted by Gasteiger charge is -2.12. The van der Waals surface area contributed by atoms with Gasteiger partial charge in [-0.25, -0.2) is 4.98 Å². The van der Waals surface area contributed by atoms with Crippen LogP contribution in [0.3, 0.4) is 0 Å². The number of nitrogens with zero attached hydrogens (tertiary/aromatic N) is 5. The van der Waals surface area contributed by atoms with Gasteiger partial charge in [0, 0.05) is 58.5 Å². The van der Waals surface area contributed by atoms with Gasteiger partial charge in [-0.15, -0.1) is 11.3 Å². The third kappa shape index (κ3) is 5.04. The van der Waals surface area contributed by atoms with Crippen molar-refractivity contribution in [1.29, 1.82) is 0 Å². The van der Waals surface area contributed by atoms with Crippen molar-refractivity contribution in [2.24, 2.45) is 0 Å². The van der Waals surface area contributed by atoms with Gasteiger partial charge in [0.2, 0.25) is 5.95 Å². The minimum absolute atomic E-state index is 0.584. The maximum atomic E-state index is 5.25. The minimum atomic E-state index is 0.584. The molecule has 0 saturated carbocycles. The van der Waals surface area contributed by atoms with Crippen molar-refractivity contribution < 1.29 is 0 Å². The molecule has 6 heteroatoms. The molecule has 0 N–H and O–H groups in total. The minimum Gasteiger partial charge on any atom is -0.309 e. The summed E-state index contributed by atoms with van der Waals surface area (Å²) in [6, 6.07) is 66.8. The van der Waals surface area contributed by atoms with Crippen LogP contribution >= 0.6 is 11.3 Å². The Labute approximate surface area is 331 Å². The van der Waals surface area contributed by atoms with Gasteiger partial charge in [-0.1, -0.05) is 133 Å². The van der Waals surface area contributed by atoms with Crippen LogP contribution in [0.4, 0.5) is 0 Å². The number of fused-ring (bicyclic) bond motifs is 9. The summed E-state index contributed by atoms with van der Waals surface area (Å²) in [6.07, 6.45) is 0. The summed E-state index contributed by atoms with van der Waals surface area (Å²) in [4.78, 5) is 15.5. The molecule has 8 aromatic carbocycles. The van der Waals surface area contributed by atoms with Crippen molar-refractivity contribution in [1.82, 2.24) is 24.1 Å². The van der Waals surface area contributed by atoms with E-state index in [9.17, 15) is 0 Å². The summed E-state index contributed by atoms with van der Waals surface area (Å²) in [6.45, 7) is 0. The van der Waals surface area contributed by atoms with Gasteiger partial charge in [-0.05, 0) is 65.7 Å². The SMILES string of the molecule is c1ccc(-c2nc(-c3ccc4c5ccccc5n(-c5ccc(-c6ccc7sc8ccccc8c7c6)cc5)c4c3)nc(-n3c4ccccc4c4ccccc43)n2)cc1. The Morgan fingerprint density at radius 1 is 0.316 bits per heavy atom. The first-order valence-corrected chi connectivity index (χ1v) is 19.9. The Kier molecular flexibility index (Phi) is 7.03. The highest BCUT2D eigenvalue weighted by Crippen LogP contribution is 2.39. The molecule has 0 radical (unpaired) electrons. The normalized spacial score (nSPS) is 11.9. The van der Waals surface area contributed by atoms with Gasteiger partial charge in [0.05, 0.1) is 22.1 Å². The fraction of sp³-hybridized carbons (Fsp3) is 0. The van der Waals surface area contributed by atoms with E-state index in [2.05, 4.69) is 179 Å². The zero-order chi connectivity index (χ0) is 37.5. The smallest absolute Gasteiger partial charge is 0.238 e. The highest BCUT2D eigenvalue weighted by Gasteiger charge is 2.19. The van der Waals surface area contributed by atoms with Gasteiger partial charge < -0.3 is 4.57 Å². The Morgan fingerprint density at radius 2 is 0.842 bits per heavy atom. The molecule has 266 valence electrons. The van der Waals surface area contributed by atoms with Crippen LogP contribution < -0.4 is 0 Å². The van der Waals surface area contributed by atoms with Crippen molar-refractivity contribution in [2.45, 2.75) is 0 Å². The molecule has 4 aromatic heterocycles. The lowest BCUT2D eigenvalue weighted by molar-refractivity contribution is 0.953. The van der Waals surface area contributed by atoms with E-state index in [0.29, 0.717) is 17.6 Å². The van der Waals surface area contributed by atoms with Gasteiger partial charge in [0.1, 0.15) is 0 Å². The van der Waals surface area contributed by atoms with Gasteiger partial charge in [-0.3, -0.25) is 4.57 Å². The van der Waals surface area contributed by atoms with Crippen molar-refractivity contribution in [3.8, 4) is 45.5 Å². The second-order valence-corrected chi connectivity index (χ2v) is 15.5. The first-order valence-electron chi connectivity index (χ1n) is 19.1. The average molecular weight is 746 g/mol. The van der Waals surface area contributed by atoms with E-state index in [1.807, 2.05) is 29.5 Å². The van der Waals surface area contributed by atoms with E-state index in [-0.39, 0.29) is 0 Å². The molecule has 57 heavy (non-hydrogen) atoms. The molecule has 0 atom stereocenters. The number of benzene rings is 8. The van der Waals surface area contributed by atoms with Gasteiger partial charge >= 0.3 is 0 Å². The highest BCUT2D eigenvalue weighted by molar-refractivity contribution is 7.25. The number of rotatable bonds is 5. The lowest BCUT2D eigenvalue weighted by Crippen LogP contribution is -2.06. The van der Waals surface area contributed by atoms with E-state index in [1.54, 1.807) is 0 Å². The van der Waals surface area contributed by atoms with Crippen LogP contribution in [-0.2, 0) is 0 Å². The van der Waals surface area contributed by atoms with Crippen LogP contribution in [0.1, 0.15) is 0 Å². The van der Waals surface area contributed by atoms with E-state index >= 15 is 0 Å². The molecule has 0 aliphatic rings. The number of hydrogen-bond acceptors (Lipinski definition) is 4. The Bertz CT molecular complexity index is 3470. The summed E-state index contributed by atoms with van der Waals surface area (Å²) in [5, 5.41) is 7.32. The maximum Gasteiger partial charge on any atom is 0.238 e. The summed E-state index contributed by atoms with van der Waals surface area (Å²) >= 11 is 1.85. The van der Waals surface area contributed by atoms with Crippen LogP contribution in [-0.4, -0.2) is 24.1 Å². The topological polar surface area (TPSA) is 48.5 Å². The molecule has 5 nitrogen and oxygen atoms in total. The molecule has 0 amide bonds. The zero-order valence-corrected chi connectivity index (χ0v) is 31.4. The molecule has 0 saturated heterocycles. The molecule has 0 aliphatic heterocycles. The highest BCUT2D eigenvalue weighted by atomic mass is 32.1. The van der Waals surface area contributed by atoms with Crippen LogP contribution in [0, 0.1) is 0 Å². The van der Waals surface area contributed by atoms with Crippen LogP contribution in [0.5, 0.6) is 0 Å². The van der Waals surface area contributed by atoms with E-state index in [0.717, 1.165) is 49.7 Å². The Balaban J connectivity index is 1.03. The van der Waals surface area contributed by atoms with E-state index < -0.39 is 0 Å². The number of hydrogen-bond donors (Lipinski definition) is 0. The van der Waals surface area contributed by atoms with Crippen LogP contribution in [0.25, 0.3) is 109 Å². The molecule has 12 aromatic rings. The van der Waals surface area contributed by atoms with Gasteiger partial charge in [0.15, 0.2) is 11.6 Å². The molecule has 0 fully saturated rings. The summed E-state index contributed by atoms with van der Waals surface area (Å²) in [5.41, 5.74) is 9.69. The first-order chi connectivity index (χ1) is 28.2. The lowest BCUT2D eigenvalue weighted by atomic mass is 10.0. The zero-order valence-electron chi connectivity index (χ0n) is 30.5. The van der Waals surface area contributed by atoms with Crippen molar-refractivity contribution in [3.63, 3.8) is 0 Å². The molecule has 0 aliphatic carbocycles. The molecule has 0 unspecified atom stereocenters. The van der Waals surface area contributed by atoms with Crippen molar-refractivity contribution in [2.75, 3.05) is 0 Å². The molecule has 4 heterocycles. The maximum absolute atomic E-state index is 5.25. The predicted molar refractivity (Wildman–Crippen MR) is 238 cm³/mol. The van der Waals surface area contributed by atoms with Crippen molar-refractivity contribution in [3.05, 3.63) is 188 Å². The fourth-order valence-electron chi connectivity index (χ4n) is 8.54. The number of para-hydroxylation sites is 3. The van der Waals surface area contributed by atoms with Gasteiger partial charge in [-0.2, -0.15) is 9.97 Å². The number of aromatic nitrogens is 5. The summed E-state index contributed by atoms with van der Waals surface area (Å²) in [5.74, 6) is 1.83. The monoisotopic (exact) mass is 745 g/mol. The second-order valence-electron chi connectivity index (χ2n) is 14.5. The third-order valence-electron chi connectivity index (χ3n) is 11.2. The number of thiophene rings is 1. The largest absolute Gasteiger partial charge is 0.309 e. The average Bonchev–Trinajstić information content (AvgIpc) is 3.94. The summed E-state index contributed by atoms with van der Waals surface area (Å²) in [7, 11) is 0. The van der Waals surface area contributed by atoms with E-state index in [1.165, 1.54) is 42.1 Å². The van der Waals surface area contributed by atoms with E-state index in [4.69, 9.17) is 15.0 Å². The Morgan fingerprint density at radius 3 is 1.54 bits per heavy atom. The summed E-state index contributed by atoms with van der Waals surface area (Å²) < 4.78 is 7.16. The van der Waals surface area contributed by atoms with Crippen LogP contribution in [0.2, 0.25) is 0 Å². The van der Waals surface area contributed by atoms with Crippen LogP contribution in [0.15, 0.2) is 188 Å².